The smallest absolute Gasteiger partial charge is 0.191 e. The molecule has 0 bridgehead atoms. The van der Waals surface area contributed by atoms with Gasteiger partial charge < -0.3 is 25.0 Å². The van der Waals surface area contributed by atoms with Crippen molar-refractivity contribution >= 4 is 29.9 Å². The van der Waals surface area contributed by atoms with E-state index in [0.717, 1.165) is 44.5 Å². The summed E-state index contributed by atoms with van der Waals surface area (Å²) in [6.07, 6.45) is 3.67. The zero-order valence-corrected chi connectivity index (χ0v) is 17.3. The Labute approximate surface area is 158 Å². The Morgan fingerprint density at radius 1 is 1.22 bits per heavy atom. The fourth-order valence-corrected chi connectivity index (χ4v) is 2.67. The van der Waals surface area contributed by atoms with E-state index < -0.39 is 0 Å². The first-order valence-corrected chi connectivity index (χ1v) is 8.49. The quantitative estimate of drug-likeness (QED) is 0.233. The fourth-order valence-electron chi connectivity index (χ4n) is 2.67. The highest BCUT2D eigenvalue weighted by atomic mass is 127. The lowest BCUT2D eigenvalue weighted by atomic mass is 10.0. The van der Waals surface area contributed by atoms with Gasteiger partial charge in [0.2, 0.25) is 0 Å². The molecule has 1 fully saturated rings. The maximum absolute atomic E-state index is 5.43. The van der Waals surface area contributed by atoms with Gasteiger partial charge in [-0.3, -0.25) is 4.99 Å². The number of rotatable bonds is 10. The van der Waals surface area contributed by atoms with Crippen LogP contribution in [0.3, 0.4) is 0 Å². The highest BCUT2D eigenvalue weighted by Crippen LogP contribution is 2.14. The molecule has 0 aromatic rings. The van der Waals surface area contributed by atoms with Crippen LogP contribution in [0.1, 0.15) is 26.2 Å². The Morgan fingerprint density at radius 3 is 2.70 bits per heavy atom. The summed E-state index contributed by atoms with van der Waals surface area (Å²) in [5.74, 6) is 1.71. The van der Waals surface area contributed by atoms with Crippen molar-refractivity contribution in [1.82, 2.24) is 15.5 Å². The van der Waals surface area contributed by atoms with Crippen LogP contribution >= 0.6 is 24.0 Å². The molecule has 0 aromatic heterocycles. The van der Waals surface area contributed by atoms with Crippen molar-refractivity contribution in [3.63, 3.8) is 0 Å². The molecule has 1 rings (SSSR count). The molecule has 0 radical (unpaired) electrons. The molecule has 0 amide bonds. The third-order valence-corrected chi connectivity index (χ3v) is 3.87. The lowest BCUT2D eigenvalue weighted by molar-refractivity contribution is 0.0698. The van der Waals surface area contributed by atoms with Crippen LogP contribution in [0.2, 0.25) is 0 Å². The third kappa shape index (κ3) is 12.0. The molecule has 0 aliphatic carbocycles. The van der Waals surface area contributed by atoms with Gasteiger partial charge in [0, 0.05) is 46.9 Å². The summed E-state index contributed by atoms with van der Waals surface area (Å²) in [6.45, 7) is 9.77. The number of likely N-dealkylation sites (tertiary alicyclic amines) is 1. The van der Waals surface area contributed by atoms with Crippen molar-refractivity contribution in [2.24, 2.45) is 10.9 Å². The van der Waals surface area contributed by atoms with Crippen LogP contribution in [-0.4, -0.2) is 77.6 Å². The van der Waals surface area contributed by atoms with Crippen molar-refractivity contribution in [3.8, 4) is 0 Å². The summed E-state index contributed by atoms with van der Waals surface area (Å²) in [7, 11) is 3.50. The number of halogens is 1. The van der Waals surface area contributed by atoms with E-state index in [2.05, 4.69) is 27.4 Å². The molecule has 0 aromatic carbocycles. The SMILES string of the molecule is CN=C(NCCCOCCOC)NCCN1CCCC(C)C1.I. The molecule has 1 heterocycles. The molecule has 0 spiro atoms. The number of guanidine groups is 1. The summed E-state index contributed by atoms with van der Waals surface area (Å²) in [5, 5.41) is 6.70. The average Bonchev–Trinajstić information content (AvgIpc) is 2.52. The minimum Gasteiger partial charge on any atom is -0.382 e. The van der Waals surface area contributed by atoms with Crippen molar-refractivity contribution in [1.29, 1.82) is 0 Å². The van der Waals surface area contributed by atoms with E-state index >= 15 is 0 Å². The van der Waals surface area contributed by atoms with Gasteiger partial charge in [0.25, 0.3) is 0 Å². The first-order chi connectivity index (χ1) is 10.8. The third-order valence-electron chi connectivity index (χ3n) is 3.87. The standard InChI is InChI=1S/C16H34N4O2.HI/c1-15-6-4-9-20(14-15)10-8-19-16(17-2)18-7-5-11-22-13-12-21-3;/h15H,4-14H2,1-3H3,(H2,17,18,19);1H. The highest BCUT2D eigenvalue weighted by Gasteiger charge is 2.15. The van der Waals surface area contributed by atoms with E-state index in [1.165, 1.54) is 25.9 Å². The Kier molecular flexibility index (Phi) is 15.3. The lowest BCUT2D eigenvalue weighted by Gasteiger charge is -2.30. The summed E-state index contributed by atoms with van der Waals surface area (Å²) in [5.41, 5.74) is 0. The number of aliphatic imine (C=N–C) groups is 1. The van der Waals surface area contributed by atoms with Gasteiger partial charge in [-0.1, -0.05) is 6.92 Å². The van der Waals surface area contributed by atoms with Crippen LogP contribution in [0.25, 0.3) is 0 Å². The summed E-state index contributed by atoms with van der Waals surface area (Å²) < 4.78 is 10.4. The molecule has 23 heavy (non-hydrogen) atoms. The Hall–Kier alpha value is -0.120. The second kappa shape index (κ2) is 15.4. The van der Waals surface area contributed by atoms with E-state index in [9.17, 15) is 0 Å². The van der Waals surface area contributed by atoms with E-state index in [1.807, 2.05) is 7.05 Å². The largest absolute Gasteiger partial charge is 0.382 e. The number of nitrogens with one attached hydrogen (secondary N) is 2. The van der Waals surface area contributed by atoms with Gasteiger partial charge >= 0.3 is 0 Å². The van der Waals surface area contributed by atoms with Crippen LogP contribution in [0, 0.1) is 5.92 Å². The maximum Gasteiger partial charge on any atom is 0.191 e. The van der Waals surface area contributed by atoms with Crippen LogP contribution in [-0.2, 0) is 9.47 Å². The predicted molar refractivity (Wildman–Crippen MR) is 107 cm³/mol. The molecule has 0 saturated carbocycles. The summed E-state index contributed by atoms with van der Waals surface area (Å²) >= 11 is 0. The van der Waals surface area contributed by atoms with E-state index in [-0.39, 0.29) is 24.0 Å². The summed E-state index contributed by atoms with van der Waals surface area (Å²) in [4.78, 5) is 6.79. The van der Waals surface area contributed by atoms with E-state index in [4.69, 9.17) is 9.47 Å². The van der Waals surface area contributed by atoms with Gasteiger partial charge in [0.05, 0.1) is 13.2 Å². The Balaban J connectivity index is 0.00000484. The Bertz CT molecular complexity index is 306. The Morgan fingerprint density at radius 2 is 2.00 bits per heavy atom. The molecule has 6 nitrogen and oxygen atoms in total. The number of ether oxygens (including phenoxy) is 2. The van der Waals surface area contributed by atoms with Gasteiger partial charge in [-0.25, -0.2) is 0 Å². The number of nitrogens with zero attached hydrogens (tertiary/aromatic N) is 2. The monoisotopic (exact) mass is 442 g/mol. The molecule has 1 aliphatic rings. The van der Waals surface area contributed by atoms with Crippen molar-refractivity contribution in [2.75, 3.05) is 66.7 Å². The average molecular weight is 442 g/mol. The summed E-state index contributed by atoms with van der Waals surface area (Å²) in [6, 6.07) is 0. The number of piperidine rings is 1. The number of methoxy groups -OCH3 is 1. The normalized spacial score (nSPS) is 19.3. The predicted octanol–water partition coefficient (Wildman–Crippen LogP) is 1.55. The molecule has 1 aliphatic heterocycles. The molecule has 2 N–H and O–H groups in total. The van der Waals surface area contributed by atoms with Crippen molar-refractivity contribution in [2.45, 2.75) is 26.2 Å². The van der Waals surface area contributed by atoms with Crippen LogP contribution in [0.5, 0.6) is 0 Å². The van der Waals surface area contributed by atoms with Gasteiger partial charge in [0.1, 0.15) is 0 Å². The zero-order valence-electron chi connectivity index (χ0n) is 15.0. The second-order valence-corrected chi connectivity index (χ2v) is 5.93. The molecule has 7 heteroatoms. The fraction of sp³-hybridized carbons (Fsp3) is 0.938. The molecular formula is C16H35IN4O2. The zero-order chi connectivity index (χ0) is 16.0. The van der Waals surface area contributed by atoms with Crippen molar-refractivity contribution in [3.05, 3.63) is 0 Å². The van der Waals surface area contributed by atoms with Gasteiger partial charge in [-0.15, -0.1) is 24.0 Å². The van der Waals surface area contributed by atoms with E-state index in [0.29, 0.717) is 13.2 Å². The number of hydrogen-bond donors (Lipinski definition) is 2. The van der Waals surface area contributed by atoms with Crippen LogP contribution < -0.4 is 10.6 Å². The first kappa shape index (κ1) is 22.9. The van der Waals surface area contributed by atoms with Crippen molar-refractivity contribution < 1.29 is 9.47 Å². The molecule has 138 valence electrons. The van der Waals surface area contributed by atoms with Gasteiger partial charge in [-0.05, 0) is 31.7 Å². The highest BCUT2D eigenvalue weighted by molar-refractivity contribution is 14.0. The van der Waals surface area contributed by atoms with Gasteiger partial charge in [0.15, 0.2) is 5.96 Å². The molecule has 1 unspecified atom stereocenters. The molecule has 1 saturated heterocycles. The van der Waals surface area contributed by atoms with Crippen LogP contribution in [0.4, 0.5) is 0 Å². The number of hydrogen-bond acceptors (Lipinski definition) is 4. The van der Waals surface area contributed by atoms with E-state index in [1.54, 1.807) is 7.11 Å². The topological polar surface area (TPSA) is 58.1 Å². The molecule has 1 atom stereocenters. The maximum atomic E-state index is 5.43. The minimum atomic E-state index is 0. The minimum absolute atomic E-state index is 0. The lowest BCUT2D eigenvalue weighted by Crippen LogP contribution is -2.44. The van der Waals surface area contributed by atoms with Crippen LogP contribution in [0.15, 0.2) is 4.99 Å². The molecular weight excluding hydrogens is 407 g/mol. The second-order valence-electron chi connectivity index (χ2n) is 5.93. The first-order valence-electron chi connectivity index (χ1n) is 8.49. The van der Waals surface area contributed by atoms with Gasteiger partial charge in [-0.2, -0.15) is 0 Å².